The molecule has 23 nitrogen and oxygen atoms in total. The molecule has 0 aliphatic carbocycles. The van der Waals surface area contributed by atoms with E-state index in [4.69, 9.17) is 15.8 Å². The Morgan fingerprint density at radius 3 is 2.00 bits per heavy atom. The number of halogens is 1. The number of nitrogens with zero attached hydrogens (tertiary/aromatic N) is 5. The Labute approximate surface area is 464 Å². The Hall–Kier alpha value is -0.890. The van der Waals surface area contributed by atoms with Gasteiger partial charge in [0.05, 0.1) is 44.0 Å². The first-order chi connectivity index (χ1) is 28.5. The average Bonchev–Trinajstić information content (AvgIpc) is 3.18. The van der Waals surface area contributed by atoms with Gasteiger partial charge in [-0.25, -0.2) is 25.3 Å². The quantitative estimate of drug-likeness (QED) is 0.0137. The number of nitrogens with one attached hydrogen (secondary N) is 2. The molecule has 5 aromatic carbocycles. The maximum absolute atomic E-state index is 12.8. The van der Waals surface area contributed by atoms with E-state index in [9.17, 15) is 50.0 Å². The molecule has 0 amide bonds. The van der Waals surface area contributed by atoms with Crippen molar-refractivity contribution in [3.05, 3.63) is 84.1 Å². The van der Waals surface area contributed by atoms with Crippen molar-refractivity contribution >= 4 is 122 Å². The van der Waals surface area contributed by atoms with Crippen LogP contribution in [0.15, 0.2) is 109 Å². The number of phenols is 1. The van der Waals surface area contributed by atoms with Crippen LogP contribution < -0.4 is 139 Å². The number of phenolic OH excluding ortho intramolecular Hbond substituents is 1. The molecule has 316 valence electrons. The van der Waals surface area contributed by atoms with Gasteiger partial charge < -0.3 is 35.4 Å². The van der Waals surface area contributed by atoms with Gasteiger partial charge in [-0.2, -0.15) is 19.3 Å². The molecule has 1 aromatic heterocycles. The number of hydrogen-bond acceptors (Lipinski definition) is 25. The van der Waals surface area contributed by atoms with Crippen molar-refractivity contribution in [1.29, 1.82) is 0 Å². The summed E-state index contributed by atoms with van der Waals surface area (Å²) in [5.74, 6) is -1.35. The Morgan fingerprint density at radius 1 is 0.703 bits per heavy atom. The first-order valence-corrected chi connectivity index (χ1v) is 22.1. The number of fused-ring (bicyclic) bond motifs is 2. The minimum Gasteiger partial charge on any atom is -0.744 e. The number of benzene rings is 5. The van der Waals surface area contributed by atoms with Crippen molar-refractivity contribution in [2.45, 2.75) is 19.6 Å². The minimum absolute atomic E-state index is 0. The SMILES string of the molecule is O=S(=O)([O-])c1cccc(Nc2nc(Cl)nc(Nc3ccc4c(O)c(N=Nc5ccc6cc(S(=O)(=O)CCOSOO[O-])ccc6c5S(=O)(=O)[O-])c(SOO[O-])cc4c3)n2)c1.[Na+].[Na+].[Na+].[Na+]. The topological polar surface area (TPSA) is 348 Å². The van der Waals surface area contributed by atoms with Crippen LogP contribution in [-0.2, 0) is 53.0 Å². The zero-order chi connectivity index (χ0) is 43.2. The molecule has 0 saturated heterocycles. The van der Waals surface area contributed by atoms with Gasteiger partial charge in [0.1, 0.15) is 31.6 Å². The smallest absolute Gasteiger partial charge is 0.744 e. The monoisotopic (exact) mass is 1030 g/mol. The Kier molecular flexibility index (Phi) is 24.2. The van der Waals surface area contributed by atoms with E-state index in [1.165, 1.54) is 42.5 Å². The molecule has 0 fully saturated rings. The largest absolute Gasteiger partial charge is 1.00 e. The third-order valence-corrected chi connectivity index (χ3v) is 12.4. The van der Waals surface area contributed by atoms with Gasteiger partial charge in [-0.1, -0.05) is 18.2 Å². The van der Waals surface area contributed by atoms with Crippen molar-refractivity contribution < 1.29 is 191 Å². The number of anilines is 4. The van der Waals surface area contributed by atoms with Gasteiger partial charge in [-0.3, -0.25) is 14.3 Å². The van der Waals surface area contributed by atoms with Gasteiger partial charge in [-0.05, 0) is 83.0 Å². The summed E-state index contributed by atoms with van der Waals surface area (Å²) in [6.07, 6.45) is 0. The Balaban J connectivity index is 0.00000352. The molecular weight excluding hydrogens is 1010 g/mol. The predicted molar refractivity (Wildman–Crippen MR) is 203 cm³/mol. The maximum Gasteiger partial charge on any atom is 1.00 e. The molecule has 1 heterocycles. The number of hydrogen-bond donors (Lipinski definition) is 3. The molecule has 0 aliphatic heterocycles. The van der Waals surface area contributed by atoms with E-state index in [0.29, 0.717) is 17.7 Å². The fourth-order valence-corrected chi connectivity index (χ4v) is 8.75. The molecule has 0 bridgehead atoms. The summed E-state index contributed by atoms with van der Waals surface area (Å²) in [6.45, 7) is -0.420. The molecule has 3 N–H and O–H groups in total. The zero-order valence-corrected chi connectivity index (χ0v) is 46.0. The zero-order valence-electron chi connectivity index (χ0n) is 33.1. The molecule has 6 rings (SSSR count). The fourth-order valence-electron chi connectivity index (χ4n) is 5.32. The van der Waals surface area contributed by atoms with Crippen LogP contribution in [0.4, 0.5) is 34.6 Å². The molecule has 6 aromatic rings. The molecule has 0 saturated carbocycles. The summed E-state index contributed by atoms with van der Waals surface area (Å²) in [7, 11) is -14.1. The fraction of sp³-hybridized carbons (Fsp3) is 0.0645. The first-order valence-electron chi connectivity index (χ1n) is 15.8. The van der Waals surface area contributed by atoms with Gasteiger partial charge in [0, 0.05) is 22.1 Å². The standard InChI is InChI=1S/C31H24ClN7O16S5.4Na/c32-29-35-30(33-18-2-1-3-21(15-18)59(45,46)47)37-31(36-29)34-19-5-7-22-17(12-19)14-25(56-54-52-41)26(27(22)40)39-38-24-9-4-16-13-20(6-8-23(16)28(24)60(48,49)50)58(43,44)11-10-51-57-55-53-42;;;;/h1-9,12-15,40-42H,10-11H2,(H,45,46,47)(H,48,49,50)(H2,33,34,35,36,37);;;;/q;4*+1/p-4. The molecular formula is C31H20ClN7Na4O16S5. The maximum atomic E-state index is 12.8. The van der Waals surface area contributed by atoms with Crippen LogP contribution in [-0.4, -0.2) is 66.8 Å². The molecule has 0 radical (unpaired) electrons. The predicted octanol–water partition coefficient (Wildman–Crippen LogP) is -7.93. The van der Waals surface area contributed by atoms with Gasteiger partial charge in [0.15, 0.2) is 27.9 Å². The molecule has 64 heavy (non-hydrogen) atoms. The number of aromatic nitrogens is 3. The van der Waals surface area contributed by atoms with E-state index >= 15 is 0 Å². The second-order valence-electron chi connectivity index (χ2n) is 11.5. The second kappa shape index (κ2) is 26.2. The van der Waals surface area contributed by atoms with E-state index in [2.05, 4.69) is 54.6 Å². The first kappa shape index (κ1) is 59.2. The van der Waals surface area contributed by atoms with Crippen LogP contribution in [0.5, 0.6) is 5.75 Å². The Morgan fingerprint density at radius 2 is 1.36 bits per heavy atom. The summed E-state index contributed by atoms with van der Waals surface area (Å²) < 4.78 is 111. The van der Waals surface area contributed by atoms with E-state index in [1.807, 2.05) is 0 Å². The van der Waals surface area contributed by atoms with Crippen LogP contribution in [0.1, 0.15) is 0 Å². The number of rotatable bonds is 18. The third kappa shape index (κ3) is 15.6. The minimum atomic E-state index is -5.31. The van der Waals surface area contributed by atoms with E-state index < -0.39 is 63.7 Å². The summed E-state index contributed by atoms with van der Waals surface area (Å²) in [5.41, 5.74) is -0.394. The normalized spacial score (nSPS) is 11.6. The van der Waals surface area contributed by atoms with Crippen molar-refractivity contribution in [2.75, 3.05) is 23.0 Å². The molecule has 0 atom stereocenters. The van der Waals surface area contributed by atoms with E-state index in [-0.39, 0.29) is 190 Å². The van der Waals surface area contributed by atoms with Crippen molar-refractivity contribution in [1.82, 2.24) is 15.0 Å². The Bertz CT molecular complexity index is 2990. The number of sulfone groups is 1. The summed E-state index contributed by atoms with van der Waals surface area (Å²) in [4.78, 5) is 10.4. The van der Waals surface area contributed by atoms with E-state index in [1.54, 1.807) is 0 Å². The van der Waals surface area contributed by atoms with Gasteiger partial charge in [0.25, 0.3) is 0 Å². The van der Waals surface area contributed by atoms with Crippen LogP contribution in [0, 0.1) is 0 Å². The van der Waals surface area contributed by atoms with Crippen molar-refractivity contribution in [3.63, 3.8) is 0 Å². The van der Waals surface area contributed by atoms with Crippen LogP contribution >= 0.6 is 36.0 Å². The molecule has 0 unspecified atom stereocenters. The summed E-state index contributed by atoms with van der Waals surface area (Å²) in [6, 6.07) is 16.4. The van der Waals surface area contributed by atoms with Gasteiger partial charge in [-0.15, -0.1) is 14.6 Å². The molecule has 0 spiro atoms. The van der Waals surface area contributed by atoms with Gasteiger partial charge in [0.2, 0.25) is 17.2 Å². The molecule has 0 aliphatic rings. The van der Waals surface area contributed by atoms with Crippen molar-refractivity contribution in [2.24, 2.45) is 10.2 Å². The van der Waals surface area contributed by atoms with Crippen LogP contribution in [0.3, 0.4) is 0 Å². The summed E-state index contributed by atoms with van der Waals surface area (Å²) >= 11 is 6.50. The second-order valence-corrected chi connectivity index (χ2v) is 17.9. The van der Waals surface area contributed by atoms with Gasteiger partial charge >= 0.3 is 118 Å². The average molecular weight is 1030 g/mol. The third-order valence-electron chi connectivity index (χ3n) is 7.77. The van der Waals surface area contributed by atoms with Crippen LogP contribution in [0.25, 0.3) is 21.5 Å². The summed E-state index contributed by atoms with van der Waals surface area (Å²) in [5, 5.41) is 52.0. The molecule has 33 heteroatoms. The van der Waals surface area contributed by atoms with Crippen molar-refractivity contribution in [3.8, 4) is 5.75 Å². The van der Waals surface area contributed by atoms with E-state index in [0.717, 1.165) is 36.4 Å². The number of azo groups is 1. The van der Waals surface area contributed by atoms with Crippen LogP contribution in [0.2, 0.25) is 5.28 Å². The number of aromatic hydroxyl groups is 1.